The lowest BCUT2D eigenvalue weighted by molar-refractivity contribution is -0.122. The maximum atomic E-state index is 13.3. The third kappa shape index (κ3) is 2.25. The molecular weight excluding hydrogens is 243 g/mol. The molecule has 19 heavy (non-hydrogen) atoms. The second-order valence-corrected chi connectivity index (χ2v) is 5.45. The van der Waals surface area contributed by atoms with Gasteiger partial charge in [0.05, 0.1) is 5.92 Å². The van der Waals surface area contributed by atoms with Crippen LogP contribution in [0.2, 0.25) is 0 Å². The number of anilines is 1. The molecule has 3 atom stereocenters. The number of amides is 1. The highest BCUT2D eigenvalue weighted by Crippen LogP contribution is 2.35. The Morgan fingerprint density at radius 3 is 2.89 bits per heavy atom. The maximum Gasteiger partial charge on any atom is 0.231 e. The second kappa shape index (κ2) is 4.93. The number of carbonyl (C=O) groups is 1. The molecule has 1 aromatic carbocycles. The first-order valence-electron chi connectivity index (χ1n) is 7.02. The lowest BCUT2D eigenvalue weighted by Gasteiger charge is -2.28. The van der Waals surface area contributed by atoms with Crippen LogP contribution in [0.25, 0.3) is 0 Å². The van der Waals surface area contributed by atoms with Crippen molar-refractivity contribution in [1.82, 2.24) is 5.32 Å². The van der Waals surface area contributed by atoms with E-state index in [2.05, 4.69) is 5.32 Å². The van der Waals surface area contributed by atoms with Crippen molar-refractivity contribution in [3.8, 4) is 0 Å². The molecule has 1 aromatic rings. The number of nitrogens with one attached hydrogen (secondary N) is 1. The van der Waals surface area contributed by atoms with Crippen LogP contribution in [0.15, 0.2) is 24.3 Å². The first kappa shape index (κ1) is 12.6. The number of rotatable bonds is 3. The molecule has 2 aliphatic rings. The molecule has 2 bridgehead atoms. The van der Waals surface area contributed by atoms with Gasteiger partial charge in [0.2, 0.25) is 5.91 Å². The van der Waals surface area contributed by atoms with E-state index in [1.807, 2.05) is 6.92 Å². The molecule has 3 unspecified atom stereocenters. The second-order valence-electron chi connectivity index (χ2n) is 5.45. The molecule has 1 N–H and O–H groups in total. The fourth-order valence-corrected chi connectivity index (χ4v) is 3.41. The van der Waals surface area contributed by atoms with Crippen molar-refractivity contribution in [2.75, 3.05) is 11.4 Å². The van der Waals surface area contributed by atoms with E-state index >= 15 is 0 Å². The lowest BCUT2D eigenvalue weighted by atomic mass is 9.88. The molecule has 0 spiro atoms. The number of fused-ring (bicyclic) bond motifs is 2. The minimum absolute atomic E-state index is 0.0574. The zero-order chi connectivity index (χ0) is 13.4. The smallest absolute Gasteiger partial charge is 0.231 e. The van der Waals surface area contributed by atoms with Crippen molar-refractivity contribution >= 4 is 11.6 Å². The monoisotopic (exact) mass is 262 g/mol. The summed E-state index contributed by atoms with van der Waals surface area (Å²) >= 11 is 0. The lowest BCUT2D eigenvalue weighted by Crippen LogP contribution is -2.41. The number of hydrogen-bond acceptors (Lipinski definition) is 2. The van der Waals surface area contributed by atoms with E-state index in [4.69, 9.17) is 0 Å². The summed E-state index contributed by atoms with van der Waals surface area (Å²) in [6, 6.07) is 7.11. The number of halogens is 1. The highest BCUT2D eigenvalue weighted by atomic mass is 19.1. The molecule has 0 aromatic heterocycles. The van der Waals surface area contributed by atoms with Gasteiger partial charge in [0.25, 0.3) is 0 Å². The Morgan fingerprint density at radius 2 is 2.32 bits per heavy atom. The zero-order valence-corrected chi connectivity index (χ0v) is 11.1. The van der Waals surface area contributed by atoms with Crippen molar-refractivity contribution in [2.24, 2.45) is 5.92 Å². The van der Waals surface area contributed by atoms with E-state index in [9.17, 15) is 9.18 Å². The van der Waals surface area contributed by atoms with Crippen LogP contribution in [-0.4, -0.2) is 24.5 Å². The molecule has 2 fully saturated rings. The Kier molecular flexibility index (Phi) is 3.27. The molecule has 0 aliphatic carbocycles. The van der Waals surface area contributed by atoms with Crippen LogP contribution >= 0.6 is 0 Å². The predicted molar refractivity (Wildman–Crippen MR) is 72.5 cm³/mol. The number of carbonyl (C=O) groups excluding carboxylic acids is 1. The Morgan fingerprint density at radius 1 is 1.47 bits per heavy atom. The summed E-state index contributed by atoms with van der Waals surface area (Å²) in [7, 11) is 0. The highest BCUT2D eigenvalue weighted by Gasteiger charge is 2.44. The summed E-state index contributed by atoms with van der Waals surface area (Å²) < 4.78 is 13.3. The Labute approximate surface area is 112 Å². The fourth-order valence-electron chi connectivity index (χ4n) is 3.41. The van der Waals surface area contributed by atoms with Crippen LogP contribution in [0.4, 0.5) is 10.1 Å². The molecular formula is C15H19FN2O. The molecule has 3 rings (SSSR count). The molecule has 102 valence electrons. The van der Waals surface area contributed by atoms with Crippen LogP contribution in [0, 0.1) is 11.7 Å². The van der Waals surface area contributed by atoms with Gasteiger partial charge < -0.3 is 10.2 Å². The van der Waals surface area contributed by atoms with E-state index < -0.39 is 0 Å². The van der Waals surface area contributed by atoms with Gasteiger partial charge in [0, 0.05) is 24.3 Å². The topological polar surface area (TPSA) is 32.3 Å². The van der Waals surface area contributed by atoms with E-state index in [-0.39, 0.29) is 17.6 Å². The molecule has 0 radical (unpaired) electrons. The molecule has 1 amide bonds. The fraction of sp³-hybridized carbons (Fsp3) is 0.533. The maximum absolute atomic E-state index is 13.3. The van der Waals surface area contributed by atoms with Crippen LogP contribution in [-0.2, 0) is 4.79 Å². The minimum Gasteiger partial charge on any atom is -0.312 e. The molecule has 3 nitrogen and oxygen atoms in total. The molecule has 2 aliphatic heterocycles. The quantitative estimate of drug-likeness (QED) is 0.906. The number of nitrogens with zero attached hydrogens (tertiary/aromatic N) is 1. The van der Waals surface area contributed by atoms with Crippen LogP contribution in [0.1, 0.15) is 26.2 Å². The van der Waals surface area contributed by atoms with Gasteiger partial charge in [0.1, 0.15) is 5.82 Å². The van der Waals surface area contributed by atoms with Crippen molar-refractivity contribution in [2.45, 2.75) is 38.3 Å². The van der Waals surface area contributed by atoms with Gasteiger partial charge in [-0.15, -0.1) is 0 Å². The number of benzene rings is 1. The first-order chi connectivity index (χ1) is 9.19. The normalized spacial score (nSPS) is 28.6. The number of hydrogen-bond donors (Lipinski definition) is 1. The van der Waals surface area contributed by atoms with Crippen LogP contribution in [0.5, 0.6) is 0 Å². The largest absolute Gasteiger partial charge is 0.312 e. The van der Waals surface area contributed by atoms with E-state index in [1.54, 1.807) is 17.0 Å². The summed E-state index contributed by atoms with van der Waals surface area (Å²) in [5.41, 5.74) is 0.662. The summed E-state index contributed by atoms with van der Waals surface area (Å²) in [4.78, 5) is 14.3. The van der Waals surface area contributed by atoms with Gasteiger partial charge in [-0.1, -0.05) is 6.07 Å². The average Bonchev–Trinajstić information content (AvgIpc) is 3.02. The predicted octanol–water partition coefficient (Wildman–Crippen LogP) is 2.32. The SMILES string of the molecule is CCN(C(=O)C1CC2CCC1N2)c1cccc(F)c1. The summed E-state index contributed by atoms with van der Waals surface area (Å²) in [5.74, 6) is -0.107. The molecule has 4 heteroatoms. The van der Waals surface area contributed by atoms with Crippen molar-refractivity contribution in [3.05, 3.63) is 30.1 Å². The van der Waals surface area contributed by atoms with Crippen molar-refractivity contribution in [3.63, 3.8) is 0 Å². The van der Waals surface area contributed by atoms with Crippen molar-refractivity contribution < 1.29 is 9.18 Å². The Balaban J connectivity index is 1.80. The van der Waals surface area contributed by atoms with Gasteiger partial charge in [-0.2, -0.15) is 0 Å². The van der Waals surface area contributed by atoms with Gasteiger partial charge >= 0.3 is 0 Å². The Bertz CT molecular complexity index is 491. The van der Waals surface area contributed by atoms with Crippen LogP contribution in [0.3, 0.4) is 0 Å². The third-order valence-electron chi connectivity index (χ3n) is 4.32. The summed E-state index contributed by atoms with van der Waals surface area (Å²) in [6.45, 7) is 2.51. The highest BCUT2D eigenvalue weighted by molar-refractivity contribution is 5.95. The summed E-state index contributed by atoms with van der Waals surface area (Å²) in [5, 5.41) is 3.48. The van der Waals surface area contributed by atoms with Crippen LogP contribution < -0.4 is 10.2 Å². The van der Waals surface area contributed by atoms with Gasteiger partial charge in [-0.05, 0) is 44.4 Å². The van der Waals surface area contributed by atoms with E-state index in [1.165, 1.54) is 18.6 Å². The molecule has 0 saturated carbocycles. The van der Waals surface area contributed by atoms with Crippen molar-refractivity contribution in [1.29, 1.82) is 0 Å². The Hall–Kier alpha value is -1.42. The molecule has 2 heterocycles. The van der Waals surface area contributed by atoms with Gasteiger partial charge in [0.15, 0.2) is 0 Å². The van der Waals surface area contributed by atoms with Gasteiger partial charge in [-0.25, -0.2) is 4.39 Å². The van der Waals surface area contributed by atoms with Gasteiger partial charge in [-0.3, -0.25) is 4.79 Å². The minimum atomic E-state index is -0.296. The zero-order valence-electron chi connectivity index (χ0n) is 11.1. The summed E-state index contributed by atoms with van der Waals surface area (Å²) in [6.07, 6.45) is 3.19. The standard InChI is InChI=1S/C15H19FN2O/c1-2-18(12-5-3-4-10(16)8-12)15(19)13-9-11-6-7-14(13)17-11/h3-5,8,11,13-14,17H,2,6-7,9H2,1H3. The average molecular weight is 262 g/mol. The first-order valence-corrected chi connectivity index (χ1v) is 7.02. The third-order valence-corrected chi connectivity index (χ3v) is 4.32. The molecule has 2 saturated heterocycles. The van der Waals surface area contributed by atoms with E-state index in [0.29, 0.717) is 24.3 Å². The van der Waals surface area contributed by atoms with E-state index in [0.717, 1.165) is 12.8 Å².